The highest BCUT2D eigenvalue weighted by atomic mass is 16.6. The number of allylic oxidation sites excluding steroid dienone is 2. The van der Waals surface area contributed by atoms with Gasteiger partial charge in [-0.05, 0) is 42.5 Å². The zero-order chi connectivity index (χ0) is 21.1. The molecule has 0 heterocycles. The SMILES string of the molecule is CCOC(=O)C1(C(=O)OCC)C(=C(c2ccccc2)c2ccccc2)C2C=CC1C2. The summed E-state index contributed by atoms with van der Waals surface area (Å²) < 4.78 is 11.0. The molecule has 2 aliphatic rings. The van der Waals surface area contributed by atoms with Crippen molar-refractivity contribution >= 4 is 17.5 Å². The molecule has 0 N–H and O–H groups in total. The first kappa shape index (κ1) is 20.1. The van der Waals surface area contributed by atoms with Crippen LogP contribution in [0, 0.1) is 17.3 Å². The van der Waals surface area contributed by atoms with Crippen LogP contribution in [-0.2, 0) is 19.1 Å². The minimum atomic E-state index is -1.45. The number of ether oxygens (including phenoxy) is 2. The Morgan fingerprint density at radius 3 is 1.80 bits per heavy atom. The van der Waals surface area contributed by atoms with E-state index in [1.807, 2.05) is 66.7 Å². The average molecular weight is 402 g/mol. The maximum Gasteiger partial charge on any atom is 0.328 e. The Hall–Kier alpha value is -3.14. The van der Waals surface area contributed by atoms with Crippen molar-refractivity contribution in [2.45, 2.75) is 20.3 Å². The van der Waals surface area contributed by atoms with Gasteiger partial charge >= 0.3 is 11.9 Å². The van der Waals surface area contributed by atoms with Crippen LogP contribution in [0.3, 0.4) is 0 Å². The third-order valence-corrected chi connectivity index (χ3v) is 6.02. The van der Waals surface area contributed by atoms with E-state index in [2.05, 4.69) is 6.08 Å². The molecule has 0 saturated heterocycles. The van der Waals surface area contributed by atoms with Gasteiger partial charge in [-0.15, -0.1) is 0 Å². The molecule has 2 aliphatic carbocycles. The summed E-state index contributed by atoms with van der Waals surface area (Å²) in [5.41, 5.74) is 2.20. The lowest BCUT2D eigenvalue weighted by Gasteiger charge is -2.34. The van der Waals surface area contributed by atoms with Crippen LogP contribution in [0.1, 0.15) is 31.4 Å². The fourth-order valence-electron chi connectivity index (χ4n) is 4.89. The number of fused-ring (bicyclic) bond motifs is 2. The summed E-state index contributed by atoms with van der Waals surface area (Å²) in [6.07, 6.45) is 4.80. The van der Waals surface area contributed by atoms with Gasteiger partial charge < -0.3 is 9.47 Å². The molecule has 0 spiro atoms. The molecule has 1 fully saturated rings. The summed E-state index contributed by atoms with van der Waals surface area (Å²) in [5.74, 6) is -1.31. The monoisotopic (exact) mass is 402 g/mol. The third-order valence-electron chi connectivity index (χ3n) is 6.02. The smallest absolute Gasteiger partial charge is 0.328 e. The molecule has 0 aromatic heterocycles. The van der Waals surface area contributed by atoms with Crippen LogP contribution in [0.15, 0.2) is 78.4 Å². The van der Waals surface area contributed by atoms with E-state index >= 15 is 0 Å². The highest BCUT2D eigenvalue weighted by molar-refractivity contribution is 6.08. The first-order valence-corrected chi connectivity index (χ1v) is 10.5. The number of hydrogen-bond donors (Lipinski definition) is 0. The van der Waals surface area contributed by atoms with E-state index < -0.39 is 17.4 Å². The number of esters is 2. The van der Waals surface area contributed by atoms with Crippen molar-refractivity contribution in [1.82, 2.24) is 0 Å². The zero-order valence-corrected chi connectivity index (χ0v) is 17.3. The van der Waals surface area contributed by atoms with Gasteiger partial charge in [-0.1, -0.05) is 72.8 Å². The minimum Gasteiger partial charge on any atom is -0.465 e. The minimum absolute atomic E-state index is 0.0146. The number of benzene rings is 2. The molecule has 2 atom stereocenters. The quantitative estimate of drug-likeness (QED) is 0.395. The summed E-state index contributed by atoms with van der Waals surface area (Å²) in [7, 11) is 0. The largest absolute Gasteiger partial charge is 0.465 e. The van der Waals surface area contributed by atoms with Crippen molar-refractivity contribution in [3.05, 3.63) is 89.5 Å². The van der Waals surface area contributed by atoms with E-state index in [0.29, 0.717) is 6.42 Å². The molecule has 2 unspecified atom stereocenters. The fourth-order valence-corrected chi connectivity index (χ4v) is 4.89. The molecule has 0 radical (unpaired) electrons. The third kappa shape index (κ3) is 3.07. The van der Waals surface area contributed by atoms with Crippen LogP contribution in [0.4, 0.5) is 0 Å². The van der Waals surface area contributed by atoms with E-state index in [-0.39, 0.29) is 25.0 Å². The van der Waals surface area contributed by atoms with Gasteiger partial charge in [0.2, 0.25) is 0 Å². The molecule has 154 valence electrons. The second-order valence-corrected chi connectivity index (χ2v) is 7.60. The van der Waals surface area contributed by atoms with Crippen molar-refractivity contribution < 1.29 is 19.1 Å². The Balaban J connectivity index is 2.06. The van der Waals surface area contributed by atoms with E-state index in [9.17, 15) is 9.59 Å². The van der Waals surface area contributed by atoms with Gasteiger partial charge in [-0.25, -0.2) is 0 Å². The van der Waals surface area contributed by atoms with Crippen LogP contribution in [-0.4, -0.2) is 25.2 Å². The summed E-state index contributed by atoms with van der Waals surface area (Å²) in [4.78, 5) is 26.9. The topological polar surface area (TPSA) is 52.6 Å². The summed E-state index contributed by atoms with van der Waals surface area (Å²) in [6.45, 7) is 3.94. The Bertz CT molecular complexity index is 929. The van der Waals surface area contributed by atoms with Gasteiger partial charge in [0.1, 0.15) is 0 Å². The van der Waals surface area contributed by atoms with Gasteiger partial charge in [0.05, 0.1) is 13.2 Å². The van der Waals surface area contributed by atoms with Gasteiger partial charge in [0.15, 0.2) is 5.41 Å². The summed E-state index contributed by atoms with van der Waals surface area (Å²) in [6, 6.07) is 19.9. The van der Waals surface area contributed by atoms with Crippen molar-refractivity contribution in [1.29, 1.82) is 0 Å². The number of hydrogen-bond acceptors (Lipinski definition) is 4. The van der Waals surface area contributed by atoms with Crippen molar-refractivity contribution in [2.75, 3.05) is 13.2 Å². The molecule has 1 saturated carbocycles. The Morgan fingerprint density at radius 1 is 0.833 bits per heavy atom. The predicted octanol–water partition coefficient (Wildman–Crippen LogP) is 4.81. The molecule has 4 rings (SSSR count). The molecule has 2 aromatic carbocycles. The lowest BCUT2D eigenvalue weighted by Crippen LogP contribution is -2.47. The van der Waals surface area contributed by atoms with E-state index in [1.54, 1.807) is 13.8 Å². The molecular formula is C26H26O4. The first-order chi connectivity index (χ1) is 14.6. The van der Waals surface area contributed by atoms with Crippen LogP contribution >= 0.6 is 0 Å². The molecule has 0 amide bonds. The van der Waals surface area contributed by atoms with E-state index in [4.69, 9.17) is 9.47 Å². The second kappa shape index (κ2) is 8.31. The average Bonchev–Trinajstić information content (AvgIpc) is 3.37. The lowest BCUT2D eigenvalue weighted by molar-refractivity contribution is -0.170. The van der Waals surface area contributed by atoms with E-state index in [1.165, 1.54) is 0 Å². The van der Waals surface area contributed by atoms with Crippen LogP contribution in [0.25, 0.3) is 5.57 Å². The van der Waals surface area contributed by atoms with Gasteiger partial charge in [-0.2, -0.15) is 0 Å². The number of carbonyl (C=O) groups is 2. The lowest BCUT2D eigenvalue weighted by atomic mass is 9.68. The summed E-state index contributed by atoms with van der Waals surface area (Å²) >= 11 is 0. The number of carbonyl (C=O) groups excluding carboxylic acids is 2. The van der Waals surface area contributed by atoms with Gasteiger partial charge in [-0.3, -0.25) is 9.59 Å². The van der Waals surface area contributed by atoms with Gasteiger partial charge in [0.25, 0.3) is 0 Å². The van der Waals surface area contributed by atoms with E-state index in [0.717, 1.165) is 22.3 Å². The van der Waals surface area contributed by atoms with Crippen molar-refractivity contribution in [3.63, 3.8) is 0 Å². The molecule has 0 aliphatic heterocycles. The molecule has 4 nitrogen and oxygen atoms in total. The Kier molecular flexibility index (Phi) is 5.58. The highest BCUT2D eigenvalue weighted by Crippen LogP contribution is 2.60. The van der Waals surface area contributed by atoms with Crippen molar-refractivity contribution in [2.24, 2.45) is 17.3 Å². The first-order valence-electron chi connectivity index (χ1n) is 10.5. The number of rotatable bonds is 6. The fraction of sp³-hybridized carbons (Fsp3) is 0.308. The molecule has 30 heavy (non-hydrogen) atoms. The molecule has 4 heteroatoms. The molecule has 2 aromatic rings. The van der Waals surface area contributed by atoms with Crippen molar-refractivity contribution in [3.8, 4) is 0 Å². The Labute approximate surface area is 177 Å². The maximum absolute atomic E-state index is 13.5. The highest BCUT2D eigenvalue weighted by Gasteiger charge is 2.65. The van der Waals surface area contributed by atoms with Gasteiger partial charge in [0, 0.05) is 11.8 Å². The van der Waals surface area contributed by atoms with Crippen LogP contribution in [0.5, 0.6) is 0 Å². The molecular weight excluding hydrogens is 376 g/mol. The zero-order valence-electron chi connectivity index (χ0n) is 17.3. The summed E-state index contributed by atoms with van der Waals surface area (Å²) in [5, 5.41) is 0. The maximum atomic E-state index is 13.5. The van der Waals surface area contributed by atoms with Crippen LogP contribution in [0.2, 0.25) is 0 Å². The standard InChI is InChI=1S/C26H26O4/c1-3-29-24(27)26(25(28)30-4-2)21-16-15-20(17-21)23(26)22(18-11-7-5-8-12-18)19-13-9-6-10-14-19/h5-16,20-21H,3-4,17H2,1-2H3. The predicted molar refractivity (Wildman–Crippen MR) is 115 cm³/mol. The second-order valence-electron chi connectivity index (χ2n) is 7.60. The van der Waals surface area contributed by atoms with Crippen LogP contribution < -0.4 is 0 Å². The normalized spacial score (nSPS) is 20.8. The Morgan fingerprint density at radius 2 is 1.33 bits per heavy atom. The molecule has 2 bridgehead atoms.